The molecule has 12 heavy (non-hydrogen) atoms. The molecule has 1 heterocycles. The van der Waals surface area contributed by atoms with Crippen LogP contribution in [0.1, 0.15) is 26.7 Å². The highest BCUT2D eigenvalue weighted by Gasteiger charge is 2.24. The zero-order chi connectivity index (χ0) is 9.03. The smallest absolute Gasteiger partial charge is 0.0632 e. The van der Waals surface area contributed by atoms with E-state index in [2.05, 4.69) is 5.32 Å². The average molecular weight is 173 g/mol. The van der Waals surface area contributed by atoms with Gasteiger partial charge in [0.15, 0.2) is 0 Å². The molecule has 0 saturated carbocycles. The van der Waals surface area contributed by atoms with Crippen LogP contribution in [-0.2, 0) is 4.74 Å². The third-order valence-corrected chi connectivity index (χ3v) is 2.45. The molecule has 0 amide bonds. The number of morpholine rings is 1. The van der Waals surface area contributed by atoms with Crippen molar-refractivity contribution in [1.29, 1.82) is 0 Å². The van der Waals surface area contributed by atoms with Gasteiger partial charge in [0.2, 0.25) is 0 Å². The van der Waals surface area contributed by atoms with Gasteiger partial charge in [-0.15, -0.1) is 0 Å². The summed E-state index contributed by atoms with van der Waals surface area (Å²) in [5, 5.41) is 13.1. The van der Waals surface area contributed by atoms with Crippen molar-refractivity contribution in [2.75, 3.05) is 19.8 Å². The third-order valence-electron chi connectivity index (χ3n) is 2.45. The second kappa shape index (κ2) is 4.21. The van der Waals surface area contributed by atoms with Crippen molar-refractivity contribution in [2.24, 2.45) is 0 Å². The summed E-state index contributed by atoms with van der Waals surface area (Å²) in [6, 6.07) is 0.327. The molecule has 2 atom stereocenters. The summed E-state index contributed by atoms with van der Waals surface area (Å²) in [5.41, 5.74) is -0.543. The van der Waals surface area contributed by atoms with Crippen molar-refractivity contribution >= 4 is 0 Å². The lowest BCUT2D eigenvalue weighted by Crippen LogP contribution is -2.45. The lowest BCUT2D eigenvalue weighted by atomic mass is 9.94. The maximum atomic E-state index is 9.78. The van der Waals surface area contributed by atoms with Crippen LogP contribution < -0.4 is 5.32 Å². The summed E-state index contributed by atoms with van der Waals surface area (Å²) in [6.45, 7) is 6.32. The molecule has 1 saturated heterocycles. The Morgan fingerprint density at radius 3 is 2.92 bits per heavy atom. The van der Waals surface area contributed by atoms with E-state index in [0.717, 1.165) is 32.6 Å². The van der Waals surface area contributed by atoms with E-state index >= 15 is 0 Å². The first-order valence-electron chi connectivity index (χ1n) is 4.67. The van der Waals surface area contributed by atoms with Gasteiger partial charge in [-0.3, -0.25) is 0 Å². The first kappa shape index (κ1) is 9.96. The van der Waals surface area contributed by atoms with Crippen LogP contribution in [0.2, 0.25) is 0 Å². The van der Waals surface area contributed by atoms with Crippen LogP contribution in [0, 0.1) is 0 Å². The van der Waals surface area contributed by atoms with Crippen LogP contribution in [0.15, 0.2) is 0 Å². The summed E-state index contributed by atoms with van der Waals surface area (Å²) < 4.78 is 5.30. The summed E-state index contributed by atoms with van der Waals surface area (Å²) in [7, 11) is 0. The highest BCUT2D eigenvalue weighted by atomic mass is 16.5. The van der Waals surface area contributed by atoms with Crippen LogP contribution in [0.5, 0.6) is 0 Å². The Labute approximate surface area is 74.1 Å². The van der Waals surface area contributed by atoms with Gasteiger partial charge in [0.1, 0.15) is 0 Å². The van der Waals surface area contributed by atoms with E-state index in [1.165, 1.54) is 0 Å². The molecule has 0 aromatic rings. The lowest BCUT2D eigenvalue weighted by molar-refractivity contribution is 0.00398. The second-order valence-electron chi connectivity index (χ2n) is 3.78. The minimum atomic E-state index is -0.543. The van der Waals surface area contributed by atoms with Crippen LogP contribution in [-0.4, -0.2) is 36.5 Å². The van der Waals surface area contributed by atoms with Crippen molar-refractivity contribution in [3.8, 4) is 0 Å². The van der Waals surface area contributed by atoms with Gasteiger partial charge in [-0.25, -0.2) is 0 Å². The van der Waals surface area contributed by atoms with Crippen molar-refractivity contribution in [3.05, 3.63) is 0 Å². The van der Waals surface area contributed by atoms with Gasteiger partial charge in [-0.05, 0) is 19.8 Å². The Bertz CT molecular complexity index is 130. The fourth-order valence-electron chi connectivity index (χ4n) is 1.43. The first-order chi connectivity index (χ1) is 5.64. The van der Waals surface area contributed by atoms with Gasteiger partial charge in [0.25, 0.3) is 0 Å². The van der Waals surface area contributed by atoms with Gasteiger partial charge in [0, 0.05) is 12.6 Å². The number of ether oxygens (including phenoxy) is 1. The Kier molecular flexibility index (Phi) is 3.50. The molecule has 0 aromatic heterocycles. The number of nitrogens with one attached hydrogen (secondary N) is 1. The standard InChI is InChI=1S/C9H19NO2/c1-3-9(2,11)6-8-7-12-5-4-10-8/h8,10-11H,3-7H2,1-2H3. The normalized spacial score (nSPS) is 29.8. The minimum absolute atomic E-state index is 0.327. The van der Waals surface area contributed by atoms with Gasteiger partial charge in [0.05, 0.1) is 18.8 Å². The molecule has 1 rings (SSSR count). The average Bonchev–Trinajstić information content (AvgIpc) is 2.06. The van der Waals surface area contributed by atoms with Crippen LogP contribution in [0.3, 0.4) is 0 Å². The minimum Gasteiger partial charge on any atom is -0.390 e. The molecule has 0 spiro atoms. The van der Waals surface area contributed by atoms with E-state index in [4.69, 9.17) is 4.74 Å². The van der Waals surface area contributed by atoms with E-state index in [1.54, 1.807) is 0 Å². The molecular weight excluding hydrogens is 154 g/mol. The summed E-state index contributed by atoms with van der Waals surface area (Å²) in [5.74, 6) is 0. The first-order valence-corrected chi connectivity index (χ1v) is 4.67. The van der Waals surface area contributed by atoms with Gasteiger partial charge >= 0.3 is 0 Å². The number of aliphatic hydroxyl groups is 1. The molecule has 0 bridgehead atoms. The van der Waals surface area contributed by atoms with Crippen molar-refractivity contribution < 1.29 is 9.84 Å². The monoisotopic (exact) mass is 173 g/mol. The van der Waals surface area contributed by atoms with E-state index < -0.39 is 5.60 Å². The maximum Gasteiger partial charge on any atom is 0.0632 e. The molecule has 0 aromatic carbocycles. The topological polar surface area (TPSA) is 41.5 Å². The second-order valence-corrected chi connectivity index (χ2v) is 3.78. The van der Waals surface area contributed by atoms with Crippen LogP contribution >= 0.6 is 0 Å². The predicted molar refractivity (Wildman–Crippen MR) is 48.1 cm³/mol. The fourth-order valence-corrected chi connectivity index (χ4v) is 1.43. The van der Waals surface area contributed by atoms with E-state index in [9.17, 15) is 5.11 Å². The molecule has 0 aliphatic carbocycles. The number of hydrogen-bond acceptors (Lipinski definition) is 3. The molecule has 0 radical (unpaired) electrons. The summed E-state index contributed by atoms with van der Waals surface area (Å²) in [6.07, 6.45) is 1.58. The fraction of sp³-hybridized carbons (Fsp3) is 1.00. The molecule has 2 unspecified atom stereocenters. The maximum absolute atomic E-state index is 9.78. The van der Waals surface area contributed by atoms with E-state index in [1.807, 2.05) is 13.8 Å². The lowest BCUT2D eigenvalue weighted by Gasteiger charge is -2.30. The number of rotatable bonds is 3. The molecule has 72 valence electrons. The third kappa shape index (κ3) is 3.09. The largest absolute Gasteiger partial charge is 0.390 e. The molecule has 1 aliphatic rings. The van der Waals surface area contributed by atoms with Crippen molar-refractivity contribution in [1.82, 2.24) is 5.32 Å². The summed E-state index contributed by atoms with van der Waals surface area (Å²) in [4.78, 5) is 0. The van der Waals surface area contributed by atoms with Crippen molar-refractivity contribution in [2.45, 2.75) is 38.3 Å². The molecule has 1 fully saturated rings. The highest BCUT2D eigenvalue weighted by Crippen LogP contribution is 2.17. The SMILES string of the molecule is CCC(C)(O)CC1COCCN1. The van der Waals surface area contributed by atoms with E-state index in [0.29, 0.717) is 6.04 Å². The Morgan fingerprint density at radius 2 is 2.42 bits per heavy atom. The zero-order valence-corrected chi connectivity index (χ0v) is 7.97. The van der Waals surface area contributed by atoms with Crippen LogP contribution in [0.25, 0.3) is 0 Å². The highest BCUT2D eigenvalue weighted by molar-refractivity contribution is 4.80. The van der Waals surface area contributed by atoms with Crippen LogP contribution in [0.4, 0.5) is 0 Å². The molecule has 2 N–H and O–H groups in total. The van der Waals surface area contributed by atoms with Gasteiger partial charge in [-0.1, -0.05) is 6.92 Å². The van der Waals surface area contributed by atoms with Gasteiger partial charge < -0.3 is 15.2 Å². The Morgan fingerprint density at radius 1 is 1.67 bits per heavy atom. The van der Waals surface area contributed by atoms with Gasteiger partial charge in [-0.2, -0.15) is 0 Å². The quantitative estimate of drug-likeness (QED) is 0.654. The number of hydrogen-bond donors (Lipinski definition) is 2. The molecule has 3 heteroatoms. The molecular formula is C9H19NO2. The van der Waals surface area contributed by atoms with Crippen molar-refractivity contribution in [3.63, 3.8) is 0 Å². The Hall–Kier alpha value is -0.120. The predicted octanol–water partition coefficient (Wildman–Crippen LogP) is 0.526. The molecule has 3 nitrogen and oxygen atoms in total. The Balaban J connectivity index is 2.28. The summed E-state index contributed by atoms with van der Waals surface area (Å²) >= 11 is 0. The molecule has 1 aliphatic heterocycles. The zero-order valence-electron chi connectivity index (χ0n) is 7.97. The van der Waals surface area contributed by atoms with E-state index in [-0.39, 0.29) is 0 Å².